The fraction of sp³-hybridized carbons (Fsp3) is 0.500. The fourth-order valence-corrected chi connectivity index (χ4v) is 1.84. The molecule has 1 aromatic carbocycles. The van der Waals surface area contributed by atoms with E-state index >= 15 is 0 Å². The zero-order valence-electron chi connectivity index (χ0n) is 8.65. The molecule has 72 valence electrons. The number of hydrogen-bond donors (Lipinski definition) is 0. The summed E-state index contributed by atoms with van der Waals surface area (Å²) >= 11 is 0. The second-order valence-corrected chi connectivity index (χ2v) is 3.46. The van der Waals surface area contributed by atoms with Crippen LogP contribution in [0.5, 0.6) is 0 Å². The number of rotatable bonds is 3. The van der Waals surface area contributed by atoms with Gasteiger partial charge in [-0.25, -0.2) is 4.39 Å². The van der Waals surface area contributed by atoms with E-state index in [1.807, 2.05) is 6.92 Å². The maximum Gasteiger partial charge on any atom is 0.123 e. The van der Waals surface area contributed by atoms with E-state index in [4.69, 9.17) is 0 Å². The fourth-order valence-electron chi connectivity index (χ4n) is 1.84. The third-order valence-corrected chi connectivity index (χ3v) is 2.40. The molecule has 1 aromatic rings. The Morgan fingerprint density at radius 2 is 1.92 bits per heavy atom. The first-order chi connectivity index (χ1) is 6.19. The molecule has 0 saturated carbocycles. The minimum Gasteiger partial charge on any atom is -0.207 e. The van der Waals surface area contributed by atoms with Crippen LogP contribution in [-0.4, -0.2) is 0 Å². The molecule has 0 fully saturated rings. The van der Waals surface area contributed by atoms with Crippen LogP contribution in [0.2, 0.25) is 0 Å². The maximum atomic E-state index is 13.1. The SMILES string of the molecule is CCCc1cc(F)cc(C)c1CC. The van der Waals surface area contributed by atoms with E-state index in [9.17, 15) is 4.39 Å². The molecular weight excluding hydrogens is 163 g/mol. The summed E-state index contributed by atoms with van der Waals surface area (Å²) in [5.41, 5.74) is 3.59. The first kappa shape index (κ1) is 10.2. The standard InChI is InChI=1S/C12H17F/c1-4-6-10-8-11(13)7-9(3)12(10)5-2/h7-8H,4-6H2,1-3H3. The predicted molar refractivity (Wildman–Crippen MR) is 54.5 cm³/mol. The molecule has 0 nitrogen and oxygen atoms in total. The number of hydrogen-bond acceptors (Lipinski definition) is 0. The van der Waals surface area contributed by atoms with E-state index in [0.717, 1.165) is 24.8 Å². The number of halogens is 1. The van der Waals surface area contributed by atoms with Gasteiger partial charge in [-0.3, -0.25) is 0 Å². The summed E-state index contributed by atoms with van der Waals surface area (Å²) in [6, 6.07) is 3.30. The number of aryl methyl sites for hydroxylation is 2. The first-order valence-corrected chi connectivity index (χ1v) is 4.97. The third-order valence-electron chi connectivity index (χ3n) is 2.40. The van der Waals surface area contributed by atoms with Crippen molar-refractivity contribution in [1.82, 2.24) is 0 Å². The lowest BCUT2D eigenvalue weighted by Gasteiger charge is -2.10. The quantitative estimate of drug-likeness (QED) is 0.666. The molecule has 0 aromatic heterocycles. The summed E-state index contributed by atoms with van der Waals surface area (Å²) in [4.78, 5) is 0. The molecule has 13 heavy (non-hydrogen) atoms. The van der Waals surface area contributed by atoms with Gasteiger partial charge in [-0.15, -0.1) is 0 Å². The molecule has 0 saturated heterocycles. The van der Waals surface area contributed by atoms with Gasteiger partial charge in [-0.1, -0.05) is 20.3 Å². The van der Waals surface area contributed by atoms with E-state index in [1.54, 1.807) is 12.1 Å². The van der Waals surface area contributed by atoms with Crippen LogP contribution in [0.4, 0.5) is 4.39 Å². The maximum absolute atomic E-state index is 13.1. The highest BCUT2D eigenvalue weighted by molar-refractivity contribution is 5.35. The Kier molecular flexibility index (Phi) is 3.47. The Labute approximate surface area is 79.8 Å². The zero-order valence-corrected chi connectivity index (χ0v) is 8.65. The average molecular weight is 180 g/mol. The predicted octanol–water partition coefficient (Wildman–Crippen LogP) is 3.65. The summed E-state index contributed by atoms with van der Waals surface area (Å²) in [7, 11) is 0. The van der Waals surface area contributed by atoms with E-state index in [-0.39, 0.29) is 5.82 Å². The van der Waals surface area contributed by atoms with Crippen molar-refractivity contribution in [3.63, 3.8) is 0 Å². The van der Waals surface area contributed by atoms with Crippen molar-refractivity contribution in [1.29, 1.82) is 0 Å². The Morgan fingerprint density at radius 3 is 2.46 bits per heavy atom. The van der Waals surface area contributed by atoms with Crippen molar-refractivity contribution >= 4 is 0 Å². The summed E-state index contributed by atoms with van der Waals surface area (Å²) < 4.78 is 13.1. The lowest BCUT2D eigenvalue weighted by atomic mass is 9.96. The van der Waals surface area contributed by atoms with Gasteiger partial charge < -0.3 is 0 Å². The lowest BCUT2D eigenvalue weighted by Crippen LogP contribution is -1.97. The van der Waals surface area contributed by atoms with Crippen LogP contribution in [-0.2, 0) is 12.8 Å². The molecule has 1 heteroatoms. The molecule has 1 rings (SSSR count). The molecule has 0 heterocycles. The van der Waals surface area contributed by atoms with Crippen LogP contribution >= 0.6 is 0 Å². The van der Waals surface area contributed by atoms with Crippen molar-refractivity contribution in [3.8, 4) is 0 Å². The average Bonchev–Trinajstić information content (AvgIpc) is 2.04. The van der Waals surface area contributed by atoms with Crippen LogP contribution in [0.1, 0.15) is 37.0 Å². The van der Waals surface area contributed by atoms with Crippen LogP contribution in [0.3, 0.4) is 0 Å². The van der Waals surface area contributed by atoms with E-state index in [0.29, 0.717) is 0 Å². The summed E-state index contributed by atoms with van der Waals surface area (Å²) in [5.74, 6) is -0.0989. The van der Waals surface area contributed by atoms with Gasteiger partial charge in [0.2, 0.25) is 0 Å². The van der Waals surface area contributed by atoms with Crippen LogP contribution in [0.25, 0.3) is 0 Å². The molecule has 0 aliphatic carbocycles. The van der Waals surface area contributed by atoms with Gasteiger partial charge in [-0.05, 0) is 48.6 Å². The van der Waals surface area contributed by atoms with Crippen molar-refractivity contribution in [3.05, 3.63) is 34.6 Å². The Balaban J connectivity index is 3.13. The highest BCUT2D eigenvalue weighted by Gasteiger charge is 2.05. The summed E-state index contributed by atoms with van der Waals surface area (Å²) in [5, 5.41) is 0. The van der Waals surface area contributed by atoms with Gasteiger partial charge in [0.15, 0.2) is 0 Å². The normalized spacial score (nSPS) is 10.5. The van der Waals surface area contributed by atoms with E-state index in [2.05, 4.69) is 13.8 Å². The largest absolute Gasteiger partial charge is 0.207 e. The minimum atomic E-state index is -0.0989. The Bertz CT molecular complexity index is 289. The summed E-state index contributed by atoms with van der Waals surface area (Å²) in [6.45, 7) is 6.24. The molecule has 0 bridgehead atoms. The molecule has 0 aliphatic rings. The van der Waals surface area contributed by atoms with Gasteiger partial charge in [0.1, 0.15) is 5.82 Å². The Morgan fingerprint density at radius 1 is 1.23 bits per heavy atom. The smallest absolute Gasteiger partial charge is 0.123 e. The van der Waals surface area contributed by atoms with Crippen molar-refractivity contribution < 1.29 is 4.39 Å². The monoisotopic (exact) mass is 180 g/mol. The van der Waals surface area contributed by atoms with Gasteiger partial charge in [0.25, 0.3) is 0 Å². The van der Waals surface area contributed by atoms with Gasteiger partial charge >= 0.3 is 0 Å². The first-order valence-electron chi connectivity index (χ1n) is 4.97. The van der Waals surface area contributed by atoms with E-state index < -0.39 is 0 Å². The van der Waals surface area contributed by atoms with Crippen LogP contribution in [0.15, 0.2) is 12.1 Å². The molecule has 0 amide bonds. The van der Waals surface area contributed by atoms with Gasteiger partial charge in [0, 0.05) is 0 Å². The van der Waals surface area contributed by atoms with Gasteiger partial charge in [-0.2, -0.15) is 0 Å². The topological polar surface area (TPSA) is 0 Å². The minimum absolute atomic E-state index is 0.0989. The van der Waals surface area contributed by atoms with Crippen molar-refractivity contribution in [2.75, 3.05) is 0 Å². The molecule has 0 N–H and O–H groups in total. The van der Waals surface area contributed by atoms with Crippen molar-refractivity contribution in [2.45, 2.75) is 40.0 Å². The highest BCUT2D eigenvalue weighted by atomic mass is 19.1. The molecule has 0 aliphatic heterocycles. The third kappa shape index (κ3) is 2.30. The molecule has 0 radical (unpaired) electrons. The number of benzene rings is 1. The van der Waals surface area contributed by atoms with E-state index in [1.165, 1.54) is 11.1 Å². The van der Waals surface area contributed by atoms with Crippen molar-refractivity contribution in [2.24, 2.45) is 0 Å². The lowest BCUT2D eigenvalue weighted by molar-refractivity contribution is 0.622. The summed E-state index contributed by atoms with van der Waals surface area (Å²) in [6.07, 6.45) is 3.07. The molecular formula is C12H17F. The second-order valence-electron chi connectivity index (χ2n) is 3.46. The Hall–Kier alpha value is -0.850. The molecule has 0 atom stereocenters. The zero-order chi connectivity index (χ0) is 9.84. The highest BCUT2D eigenvalue weighted by Crippen LogP contribution is 2.18. The molecule has 0 unspecified atom stereocenters. The molecule has 0 spiro atoms. The van der Waals surface area contributed by atoms with Crippen LogP contribution in [0, 0.1) is 12.7 Å². The van der Waals surface area contributed by atoms with Gasteiger partial charge in [0.05, 0.1) is 0 Å². The second kappa shape index (κ2) is 4.40. The van der Waals surface area contributed by atoms with Crippen LogP contribution < -0.4 is 0 Å².